The molecule has 0 bridgehead atoms. The summed E-state index contributed by atoms with van der Waals surface area (Å²) in [6.45, 7) is -0.0995. The average molecular weight is 315 g/mol. The van der Waals surface area contributed by atoms with E-state index in [0.29, 0.717) is 5.06 Å². The standard InChI is InChI=1S/C13H17NO6S/c1-19-10-8-13(12(15)20-2,14(16)9-10)21(17,18)11-6-4-3-5-7-11/h3-7,10,16H,8-9H2,1-2H3/t10-,13-/m1/s1. The number of carbonyl (C=O) groups is 1. The first-order valence-electron chi connectivity index (χ1n) is 6.27. The van der Waals surface area contributed by atoms with E-state index >= 15 is 0 Å². The van der Waals surface area contributed by atoms with Crippen LogP contribution in [0.4, 0.5) is 0 Å². The van der Waals surface area contributed by atoms with Crippen molar-refractivity contribution >= 4 is 15.8 Å². The SMILES string of the molecule is COC(=O)[C@]1(S(=O)(=O)c2ccccc2)C[C@@H](OC)CN1O. The molecule has 0 aliphatic carbocycles. The van der Waals surface area contributed by atoms with Crippen molar-refractivity contribution in [3.05, 3.63) is 30.3 Å². The molecule has 1 fully saturated rings. The van der Waals surface area contributed by atoms with Crippen molar-refractivity contribution in [3.63, 3.8) is 0 Å². The normalized spacial score (nSPS) is 26.7. The monoisotopic (exact) mass is 315 g/mol. The van der Waals surface area contributed by atoms with E-state index in [9.17, 15) is 18.4 Å². The third kappa shape index (κ3) is 2.34. The van der Waals surface area contributed by atoms with Crippen LogP contribution in [0.5, 0.6) is 0 Å². The Morgan fingerprint density at radius 1 is 1.33 bits per heavy atom. The number of rotatable bonds is 4. The number of ether oxygens (including phenoxy) is 2. The van der Waals surface area contributed by atoms with Crippen LogP contribution in [0.25, 0.3) is 0 Å². The van der Waals surface area contributed by atoms with Crippen molar-refractivity contribution in [2.45, 2.75) is 22.3 Å². The summed E-state index contributed by atoms with van der Waals surface area (Å²) in [6.07, 6.45) is -0.795. The number of methoxy groups -OCH3 is 2. The minimum Gasteiger partial charge on any atom is -0.467 e. The van der Waals surface area contributed by atoms with Crippen LogP contribution < -0.4 is 0 Å². The smallest absolute Gasteiger partial charge is 0.344 e. The van der Waals surface area contributed by atoms with Gasteiger partial charge in [-0.1, -0.05) is 18.2 Å². The van der Waals surface area contributed by atoms with Gasteiger partial charge in [-0.25, -0.2) is 13.2 Å². The van der Waals surface area contributed by atoms with Gasteiger partial charge < -0.3 is 14.7 Å². The first kappa shape index (κ1) is 15.9. The molecule has 1 N–H and O–H groups in total. The topological polar surface area (TPSA) is 93.1 Å². The summed E-state index contributed by atoms with van der Waals surface area (Å²) in [5.74, 6) is -1.03. The largest absolute Gasteiger partial charge is 0.467 e. The maximum absolute atomic E-state index is 12.9. The van der Waals surface area contributed by atoms with E-state index in [1.807, 2.05) is 0 Å². The Morgan fingerprint density at radius 2 is 1.95 bits per heavy atom. The molecule has 0 saturated carbocycles. The molecule has 116 valence electrons. The molecular weight excluding hydrogens is 298 g/mol. The summed E-state index contributed by atoms with van der Waals surface area (Å²) in [4.78, 5) is 9.91. The fraction of sp³-hybridized carbons (Fsp3) is 0.462. The molecule has 1 saturated heterocycles. The van der Waals surface area contributed by atoms with Crippen LogP contribution >= 0.6 is 0 Å². The van der Waals surface area contributed by atoms with Crippen molar-refractivity contribution in [1.29, 1.82) is 0 Å². The van der Waals surface area contributed by atoms with Crippen LogP contribution in [-0.2, 0) is 24.1 Å². The molecule has 1 aromatic rings. The van der Waals surface area contributed by atoms with E-state index < -0.39 is 26.8 Å². The van der Waals surface area contributed by atoms with Crippen molar-refractivity contribution in [2.24, 2.45) is 0 Å². The van der Waals surface area contributed by atoms with Gasteiger partial charge in [0.1, 0.15) is 0 Å². The number of carbonyl (C=O) groups excluding carboxylic acids is 1. The van der Waals surface area contributed by atoms with Gasteiger partial charge in [-0.2, -0.15) is 5.06 Å². The highest BCUT2D eigenvalue weighted by Crippen LogP contribution is 2.39. The molecule has 2 atom stereocenters. The number of hydroxylamine groups is 2. The van der Waals surface area contributed by atoms with Gasteiger partial charge in [0.15, 0.2) is 0 Å². The number of hydrogen-bond acceptors (Lipinski definition) is 7. The predicted molar refractivity (Wildman–Crippen MR) is 72.3 cm³/mol. The van der Waals surface area contributed by atoms with E-state index in [2.05, 4.69) is 4.74 Å². The first-order chi connectivity index (χ1) is 9.90. The summed E-state index contributed by atoms with van der Waals surface area (Å²) in [7, 11) is -1.71. The number of sulfone groups is 1. The Hall–Kier alpha value is -1.48. The Kier molecular flexibility index (Phi) is 4.33. The van der Waals surface area contributed by atoms with Crippen molar-refractivity contribution in [3.8, 4) is 0 Å². The summed E-state index contributed by atoms with van der Waals surface area (Å²) < 4.78 is 35.5. The molecule has 8 heteroatoms. The Morgan fingerprint density at radius 3 is 2.43 bits per heavy atom. The minimum atomic E-state index is -4.18. The van der Waals surface area contributed by atoms with Crippen LogP contribution in [0, 0.1) is 0 Å². The first-order valence-corrected chi connectivity index (χ1v) is 7.76. The zero-order chi connectivity index (χ0) is 15.7. The molecule has 2 rings (SSSR count). The molecular formula is C13H17NO6S. The molecule has 0 aromatic heterocycles. The lowest BCUT2D eigenvalue weighted by Gasteiger charge is -2.30. The highest BCUT2D eigenvalue weighted by atomic mass is 32.2. The van der Waals surface area contributed by atoms with Gasteiger partial charge in [0, 0.05) is 13.5 Å². The lowest BCUT2D eigenvalue weighted by Crippen LogP contribution is -2.55. The Bertz CT molecular complexity index is 617. The third-order valence-electron chi connectivity index (χ3n) is 3.63. The Balaban J connectivity index is 2.60. The molecule has 1 aliphatic rings. The molecule has 0 amide bonds. The van der Waals surface area contributed by atoms with E-state index in [1.54, 1.807) is 18.2 Å². The zero-order valence-corrected chi connectivity index (χ0v) is 12.5. The van der Waals surface area contributed by atoms with Gasteiger partial charge in [0.25, 0.3) is 4.87 Å². The van der Waals surface area contributed by atoms with Gasteiger partial charge in [-0.05, 0) is 12.1 Å². The quantitative estimate of drug-likeness (QED) is 0.806. The van der Waals surface area contributed by atoms with E-state index in [4.69, 9.17) is 4.74 Å². The van der Waals surface area contributed by atoms with E-state index in [-0.39, 0.29) is 17.9 Å². The maximum atomic E-state index is 12.9. The second-order valence-electron chi connectivity index (χ2n) is 4.74. The van der Waals surface area contributed by atoms with Crippen LogP contribution in [0.1, 0.15) is 6.42 Å². The number of nitrogens with zero attached hydrogens (tertiary/aromatic N) is 1. The molecule has 0 unspecified atom stereocenters. The molecule has 1 heterocycles. The van der Waals surface area contributed by atoms with Crippen LogP contribution in [0.15, 0.2) is 35.2 Å². The van der Waals surface area contributed by atoms with Crippen molar-refractivity contribution in [2.75, 3.05) is 20.8 Å². The fourth-order valence-corrected chi connectivity index (χ4v) is 4.44. The zero-order valence-electron chi connectivity index (χ0n) is 11.7. The second kappa shape index (κ2) is 5.72. The van der Waals surface area contributed by atoms with Crippen LogP contribution in [-0.4, -0.2) is 56.4 Å². The average Bonchev–Trinajstić information content (AvgIpc) is 2.85. The fourth-order valence-electron chi connectivity index (χ4n) is 2.48. The number of esters is 1. The summed E-state index contributed by atoms with van der Waals surface area (Å²) >= 11 is 0. The molecule has 21 heavy (non-hydrogen) atoms. The number of benzene rings is 1. The van der Waals surface area contributed by atoms with Crippen LogP contribution in [0.3, 0.4) is 0 Å². The van der Waals surface area contributed by atoms with Crippen molar-refractivity contribution in [1.82, 2.24) is 5.06 Å². The summed E-state index contributed by atoms with van der Waals surface area (Å²) in [5, 5.41) is 10.6. The molecule has 0 radical (unpaired) electrons. The van der Waals surface area contributed by atoms with Gasteiger partial charge >= 0.3 is 5.97 Å². The molecule has 7 nitrogen and oxygen atoms in total. The maximum Gasteiger partial charge on any atom is 0.344 e. The highest BCUT2D eigenvalue weighted by Gasteiger charge is 2.62. The molecule has 1 aromatic carbocycles. The summed E-state index contributed by atoms with van der Waals surface area (Å²) in [5.41, 5.74) is 0. The lowest BCUT2D eigenvalue weighted by molar-refractivity contribution is -0.171. The van der Waals surface area contributed by atoms with Crippen LogP contribution in [0.2, 0.25) is 0 Å². The third-order valence-corrected chi connectivity index (χ3v) is 5.96. The van der Waals surface area contributed by atoms with Gasteiger partial charge in [0.05, 0.1) is 24.7 Å². The van der Waals surface area contributed by atoms with Gasteiger partial charge in [-0.3, -0.25) is 0 Å². The summed E-state index contributed by atoms with van der Waals surface area (Å²) in [6, 6.07) is 7.49. The van der Waals surface area contributed by atoms with Crippen molar-refractivity contribution < 1.29 is 27.9 Å². The minimum absolute atomic E-state index is 0.0637. The van der Waals surface area contributed by atoms with Gasteiger partial charge in [-0.15, -0.1) is 0 Å². The van der Waals surface area contributed by atoms with E-state index in [1.165, 1.54) is 19.2 Å². The van der Waals surface area contributed by atoms with E-state index in [0.717, 1.165) is 7.11 Å². The van der Waals surface area contributed by atoms with Gasteiger partial charge in [0.2, 0.25) is 9.84 Å². The molecule has 1 aliphatic heterocycles. The number of hydrogen-bond donors (Lipinski definition) is 1. The highest BCUT2D eigenvalue weighted by molar-refractivity contribution is 7.93. The predicted octanol–water partition coefficient (Wildman–Crippen LogP) is 0.439. The second-order valence-corrected chi connectivity index (χ2v) is 6.89. The molecule has 0 spiro atoms. The Labute approximate surface area is 123 Å². The lowest BCUT2D eigenvalue weighted by atomic mass is 10.2.